The number of carbonyl (C=O) groups is 1. The average molecular weight is 491 g/mol. The van der Waals surface area contributed by atoms with Crippen molar-refractivity contribution in [2.24, 2.45) is 0 Å². The highest BCUT2D eigenvalue weighted by Gasteiger charge is 2.17. The standard InChI is InChI=1S/C29H38N4O3/c1-4-36-29(34)18-24(25-20-30-22(2)31-21-25)10-7-5-6-8-11-26-12-9-13-28(33-26)32-19-23-14-16-27(35-3)17-15-23/h9,12-17,20-21,24H,4-8,10-11,18-19H2,1-3H3,(H,32,33). The molecule has 0 aliphatic rings. The van der Waals surface area contributed by atoms with Gasteiger partial charge in [0, 0.05) is 24.6 Å². The van der Waals surface area contributed by atoms with Gasteiger partial charge in [-0.05, 0) is 74.4 Å². The molecule has 7 heteroatoms. The predicted molar refractivity (Wildman–Crippen MR) is 142 cm³/mol. The molecule has 0 aliphatic heterocycles. The number of pyridine rings is 1. The molecular formula is C29H38N4O3. The summed E-state index contributed by atoms with van der Waals surface area (Å²) in [5, 5.41) is 3.41. The molecule has 2 aromatic heterocycles. The Hall–Kier alpha value is -3.48. The summed E-state index contributed by atoms with van der Waals surface area (Å²) in [5.74, 6) is 2.43. The van der Waals surface area contributed by atoms with Gasteiger partial charge in [0.05, 0.1) is 20.1 Å². The van der Waals surface area contributed by atoms with Crippen molar-refractivity contribution in [1.29, 1.82) is 0 Å². The van der Waals surface area contributed by atoms with Gasteiger partial charge < -0.3 is 14.8 Å². The number of rotatable bonds is 15. The summed E-state index contributed by atoms with van der Waals surface area (Å²) in [6.07, 6.45) is 10.3. The number of aromatic nitrogens is 3. The van der Waals surface area contributed by atoms with Crippen LogP contribution in [0.1, 0.15) is 74.0 Å². The van der Waals surface area contributed by atoms with E-state index in [9.17, 15) is 4.79 Å². The lowest BCUT2D eigenvalue weighted by atomic mass is 9.92. The first kappa shape index (κ1) is 27.1. The summed E-state index contributed by atoms with van der Waals surface area (Å²) in [6.45, 7) is 4.83. The second-order valence-electron chi connectivity index (χ2n) is 8.94. The van der Waals surface area contributed by atoms with Crippen molar-refractivity contribution in [3.8, 4) is 5.75 Å². The van der Waals surface area contributed by atoms with E-state index >= 15 is 0 Å². The normalized spacial score (nSPS) is 11.6. The van der Waals surface area contributed by atoms with Gasteiger partial charge in [-0.25, -0.2) is 15.0 Å². The summed E-state index contributed by atoms with van der Waals surface area (Å²) >= 11 is 0. The number of hydrogen-bond donors (Lipinski definition) is 1. The van der Waals surface area contributed by atoms with Gasteiger partial charge in [-0.1, -0.05) is 37.5 Å². The van der Waals surface area contributed by atoms with Crippen LogP contribution >= 0.6 is 0 Å². The number of unbranched alkanes of at least 4 members (excludes halogenated alkanes) is 3. The molecule has 0 aliphatic carbocycles. The Morgan fingerprint density at radius 3 is 2.47 bits per heavy atom. The molecule has 3 aromatic rings. The third-order valence-corrected chi connectivity index (χ3v) is 6.17. The fraction of sp³-hybridized carbons (Fsp3) is 0.448. The molecule has 1 atom stereocenters. The van der Waals surface area contributed by atoms with Gasteiger partial charge in [-0.2, -0.15) is 0 Å². The van der Waals surface area contributed by atoms with Gasteiger partial charge in [0.15, 0.2) is 0 Å². The molecule has 1 aromatic carbocycles. The van der Waals surface area contributed by atoms with Crippen molar-refractivity contribution in [1.82, 2.24) is 15.0 Å². The molecule has 0 saturated heterocycles. The molecule has 0 bridgehead atoms. The molecule has 192 valence electrons. The molecule has 1 N–H and O–H groups in total. The fourth-order valence-corrected chi connectivity index (χ4v) is 4.12. The number of esters is 1. The van der Waals surface area contributed by atoms with Crippen LogP contribution in [0.3, 0.4) is 0 Å². The number of ether oxygens (including phenoxy) is 2. The van der Waals surface area contributed by atoms with Crippen LogP contribution in [0.15, 0.2) is 54.9 Å². The van der Waals surface area contributed by atoms with Crippen molar-refractivity contribution >= 4 is 11.8 Å². The molecule has 0 radical (unpaired) electrons. The lowest BCUT2D eigenvalue weighted by molar-refractivity contribution is -0.143. The van der Waals surface area contributed by atoms with E-state index in [4.69, 9.17) is 14.5 Å². The van der Waals surface area contributed by atoms with E-state index < -0.39 is 0 Å². The number of carbonyl (C=O) groups excluding carboxylic acids is 1. The van der Waals surface area contributed by atoms with Crippen molar-refractivity contribution in [3.63, 3.8) is 0 Å². The van der Waals surface area contributed by atoms with E-state index in [-0.39, 0.29) is 11.9 Å². The number of aryl methyl sites for hydroxylation is 2. The summed E-state index contributed by atoms with van der Waals surface area (Å²) < 4.78 is 10.4. The minimum Gasteiger partial charge on any atom is -0.497 e. The number of hydrogen-bond acceptors (Lipinski definition) is 7. The van der Waals surface area contributed by atoms with Crippen LogP contribution in [0.5, 0.6) is 5.75 Å². The van der Waals surface area contributed by atoms with Crippen LogP contribution in [0.25, 0.3) is 0 Å². The molecule has 0 spiro atoms. The number of nitrogens with zero attached hydrogens (tertiary/aromatic N) is 3. The highest BCUT2D eigenvalue weighted by molar-refractivity contribution is 5.70. The number of methoxy groups -OCH3 is 1. The third-order valence-electron chi connectivity index (χ3n) is 6.17. The van der Waals surface area contributed by atoms with Crippen molar-refractivity contribution < 1.29 is 14.3 Å². The number of anilines is 1. The Balaban J connectivity index is 1.40. The molecule has 7 nitrogen and oxygen atoms in total. The monoisotopic (exact) mass is 490 g/mol. The molecule has 0 fully saturated rings. The SMILES string of the molecule is CCOC(=O)CC(CCCCCCc1cccc(NCc2ccc(OC)cc2)n1)c1cnc(C)nc1. The van der Waals surface area contributed by atoms with E-state index in [0.29, 0.717) is 13.0 Å². The van der Waals surface area contributed by atoms with Crippen molar-refractivity contribution in [3.05, 3.63) is 77.5 Å². The van der Waals surface area contributed by atoms with Crippen LogP contribution in [0.4, 0.5) is 5.82 Å². The quantitative estimate of drug-likeness (QED) is 0.206. The lowest BCUT2D eigenvalue weighted by Gasteiger charge is -2.16. The van der Waals surface area contributed by atoms with E-state index in [1.165, 1.54) is 5.56 Å². The van der Waals surface area contributed by atoms with E-state index in [1.807, 2.05) is 44.4 Å². The van der Waals surface area contributed by atoms with Crippen LogP contribution in [-0.2, 0) is 22.5 Å². The predicted octanol–water partition coefficient (Wildman–Crippen LogP) is 6.03. The minimum absolute atomic E-state index is 0.0970. The first-order valence-corrected chi connectivity index (χ1v) is 12.8. The third kappa shape index (κ3) is 9.29. The maximum absolute atomic E-state index is 12.1. The van der Waals surface area contributed by atoms with E-state index in [2.05, 4.69) is 39.6 Å². The molecule has 36 heavy (non-hydrogen) atoms. The molecule has 3 rings (SSSR count). The Bertz CT molecular complexity index is 1050. The van der Waals surface area contributed by atoms with Gasteiger partial charge in [-0.15, -0.1) is 0 Å². The maximum atomic E-state index is 12.1. The fourth-order valence-electron chi connectivity index (χ4n) is 4.12. The second-order valence-corrected chi connectivity index (χ2v) is 8.94. The van der Waals surface area contributed by atoms with Crippen LogP contribution in [0, 0.1) is 6.92 Å². The van der Waals surface area contributed by atoms with E-state index in [1.54, 1.807) is 7.11 Å². The van der Waals surface area contributed by atoms with E-state index in [0.717, 1.165) is 73.7 Å². The highest BCUT2D eigenvalue weighted by Crippen LogP contribution is 2.26. The summed E-state index contributed by atoms with van der Waals surface area (Å²) in [4.78, 5) is 25.5. The Morgan fingerprint density at radius 2 is 1.75 bits per heavy atom. The Morgan fingerprint density at radius 1 is 1.00 bits per heavy atom. The molecule has 0 saturated carbocycles. The maximum Gasteiger partial charge on any atom is 0.306 e. The highest BCUT2D eigenvalue weighted by atomic mass is 16.5. The Labute approximate surface area is 214 Å². The lowest BCUT2D eigenvalue weighted by Crippen LogP contribution is -2.11. The van der Waals surface area contributed by atoms with Gasteiger partial charge in [0.1, 0.15) is 17.4 Å². The smallest absolute Gasteiger partial charge is 0.306 e. The zero-order chi connectivity index (χ0) is 25.6. The van der Waals surface area contributed by atoms with Crippen LogP contribution in [0.2, 0.25) is 0 Å². The number of benzene rings is 1. The molecule has 2 heterocycles. The first-order chi connectivity index (χ1) is 17.6. The summed E-state index contributed by atoms with van der Waals surface area (Å²) in [7, 11) is 1.67. The van der Waals surface area contributed by atoms with Crippen LogP contribution in [-0.4, -0.2) is 34.6 Å². The second kappa shape index (κ2) is 14.8. The van der Waals surface area contributed by atoms with Gasteiger partial charge in [0.25, 0.3) is 0 Å². The molecule has 1 unspecified atom stereocenters. The van der Waals surface area contributed by atoms with Gasteiger partial charge in [0.2, 0.25) is 0 Å². The van der Waals surface area contributed by atoms with Crippen molar-refractivity contribution in [2.45, 2.75) is 71.3 Å². The summed E-state index contributed by atoms with van der Waals surface area (Å²) in [6, 6.07) is 14.2. The van der Waals surface area contributed by atoms with Crippen molar-refractivity contribution in [2.75, 3.05) is 19.0 Å². The number of nitrogens with one attached hydrogen (secondary N) is 1. The average Bonchev–Trinajstić information content (AvgIpc) is 2.90. The topological polar surface area (TPSA) is 86.2 Å². The molecular weight excluding hydrogens is 452 g/mol. The van der Waals surface area contributed by atoms with Gasteiger partial charge in [-0.3, -0.25) is 4.79 Å². The molecule has 0 amide bonds. The largest absolute Gasteiger partial charge is 0.497 e. The Kier molecular flexibility index (Phi) is 11.2. The zero-order valence-corrected chi connectivity index (χ0v) is 21.7. The van der Waals surface area contributed by atoms with Crippen LogP contribution < -0.4 is 10.1 Å². The minimum atomic E-state index is -0.158. The summed E-state index contributed by atoms with van der Waals surface area (Å²) in [5.41, 5.74) is 3.30. The van der Waals surface area contributed by atoms with Gasteiger partial charge >= 0.3 is 5.97 Å². The first-order valence-electron chi connectivity index (χ1n) is 12.8. The zero-order valence-electron chi connectivity index (χ0n) is 21.7.